The molecule has 0 amide bonds. The van der Waals surface area contributed by atoms with Gasteiger partial charge in [0.1, 0.15) is 13.2 Å². The molecule has 1 N–H and O–H groups in total. The molecule has 0 aliphatic carbocycles. The highest BCUT2D eigenvalue weighted by Crippen LogP contribution is 2.17. The summed E-state index contributed by atoms with van der Waals surface area (Å²) < 4.78 is 22.8. The predicted molar refractivity (Wildman–Crippen MR) is 304 cm³/mol. The third-order valence-corrected chi connectivity index (χ3v) is 12.7. The van der Waals surface area contributed by atoms with Crippen molar-refractivity contribution in [2.75, 3.05) is 47.5 Å². The molecule has 0 spiro atoms. The fourth-order valence-corrected chi connectivity index (χ4v) is 8.19. The van der Waals surface area contributed by atoms with Gasteiger partial charge in [-0.05, 0) is 64.2 Å². The van der Waals surface area contributed by atoms with Crippen LogP contribution in [-0.4, -0.2) is 87.4 Å². The second kappa shape index (κ2) is 54.0. The molecule has 2 atom stereocenters. The molecule has 0 saturated heterocycles. The summed E-state index contributed by atoms with van der Waals surface area (Å²) in [4.78, 5) is 37.2. The molecule has 9 heteroatoms. The van der Waals surface area contributed by atoms with E-state index >= 15 is 0 Å². The number of nitrogens with zero attached hydrogens (tertiary/aromatic N) is 1. The highest BCUT2D eigenvalue weighted by molar-refractivity contribution is 5.71. The van der Waals surface area contributed by atoms with Crippen molar-refractivity contribution in [3.05, 3.63) is 72.9 Å². The Hall–Kier alpha value is -3.27. The van der Waals surface area contributed by atoms with E-state index in [1.54, 1.807) is 0 Å². The van der Waals surface area contributed by atoms with Gasteiger partial charge in [0.2, 0.25) is 0 Å². The van der Waals surface area contributed by atoms with Crippen LogP contribution in [0.3, 0.4) is 0 Å². The number of esters is 2. The number of quaternary nitrogens is 1. The van der Waals surface area contributed by atoms with Crippen LogP contribution in [0, 0.1) is 0 Å². The van der Waals surface area contributed by atoms with Crippen molar-refractivity contribution in [1.29, 1.82) is 0 Å². The van der Waals surface area contributed by atoms with Gasteiger partial charge in [0, 0.05) is 12.8 Å². The van der Waals surface area contributed by atoms with E-state index in [0.717, 1.165) is 77.0 Å². The summed E-state index contributed by atoms with van der Waals surface area (Å²) in [5.74, 6) is -2.00. The number of carboxylic acid groups (broad SMARTS) is 1. The summed E-state index contributed by atoms with van der Waals surface area (Å²) in [6.07, 6.45) is 67.2. The van der Waals surface area contributed by atoms with Crippen LogP contribution in [0.5, 0.6) is 0 Å². The molecule has 0 rings (SSSR count). The van der Waals surface area contributed by atoms with Crippen LogP contribution in [0.2, 0.25) is 0 Å². The lowest BCUT2D eigenvalue weighted by molar-refractivity contribution is -0.870. The number of ether oxygens (including phenoxy) is 4. The Morgan fingerprint density at radius 2 is 0.792 bits per heavy atom. The number of likely N-dealkylation sites (N-methyl/N-ethyl adjacent to an activating group) is 1. The molecule has 0 radical (unpaired) electrons. The van der Waals surface area contributed by atoms with Crippen LogP contribution >= 0.6 is 0 Å². The number of carbonyl (C=O) groups excluding carboxylic acids is 2. The van der Waals surface area contributed by atoms with Crippen LogP contribution in [0.15, 0.2) is 72.9 Å². The molecule has 416 valence electrons. The first-order valence-corrected chi connectivity index (χ1v) is 29.6. The van der Waals surface area contributed by atoms with Gasteiger partial charge in [0.15, 0.2) is 6.10 Å². The molecular weight excluding hydrogens is 899 g/mol. The molecule has 9 nitrogen and oxygen atoms in total. The molecule has 0 saturated carbocycles. The average Bonchev–Trinajstić information content (AvgIpc) is 3.35. The zero-order valence-corrected chi connectivity index (χ0v) is 47.3. The Labute approximate surface area is 443 Å². The smallest absolute Gasteiger partial charge is 0.361 e. The van der Waals surface area contributed by atoms with Gasteiger partial charge in [-0.15, -0.1) is 0 Å². The highest BCUT2D eigenvalue weighted by Gasteiger charge is 2.25. The summed E-state index contributed by atoms with van der Waals surface area (Å²) in [5, 5.41) is 9.67. The second-order valence-corrected chi connectivity index (χ2v) is 20.9. The Morgan fingerprint density at radius 3 is 1.18 bits per heavy atom. The molecule has 0 aromatic heterocycles. The number of aliphatic carboxylic acids is 1. The van der Waals surface area contributed by atoms with Gasteiger partial charge in [0.05, 0.1) is 34.4 Å². The third-order valence-electron chi connectivity index (χ3n) is 12.7. The highest BCUT2D eigenvalue weighted by atomic mass is 16.7. The van der Waals surface area contributed by atoms with Crippen molar-refractivity contribution in [3.8, 4) is 0 Å². The van der Waals surface area contributed by atoms with E-state index in [9.17, 15) is 19.5 Å². The van der Waals surface area contributed by atoms with E-state index in [2.05, 4.69) is 86.8 Å². The lowest BCUT2D eigenvalue weighted by Gasteiger charge is -2.25. The van der Waals surface area contributed by atoms with E-state index < -0.39 is 24.3 Å². The largest absolute Gasteiger partial charge is 0.477 e. The molecule has 0 aliphatic rings. The first-order valence-electron chi connectivity index (χ1n) is 29.6. The van der Waals surface area contributed by atoms with Crippen LogP contribution in [-0.2, 0) is 33.3 Å². The van der Waals surface area contributed by atoms with Gasteiger partial charge in [-0.25, -0.2) is 4.79 Å². The summed E-state index contributed by atoms with van der Waals surface area (Å²) in [6, 6.07) is 0. The van der Waals surface area contributed by atoms with Crippen molar-refractivity contribution in [1.82, 2.24) is 0 Å². The minimum Gasteiger partial charge on any atom is -0.477 e. The van der Waals surface area contributed by atoms with Crippen molar-refractivity contribution in [3.63, 3.8) is 0 Å². The van der Waals surface area contributed by atoms with Crippen molar-refractivity contribution >= 4 is 17.9 Å². The summed E-state index contributed by atoms with van der Waals surface area (Å²) in [6.45, 7) is 4.76. The van der Waals surface area contributed by atoms with Crippen molar-refractivity contribution in [2.45, 2.75) is 264 Å². The maximum Gasteiger partial charge on any atom is 0.361 e. The number of rotatable bonds is 54. The number of unbranched alkanes of at least 4 members (excludes halogenated alkanes) is 27. The number of carboxylic acids is 1. The maximum atomic E-state index is 12.8. The third kappa shape index (κ3) is 54.5. The SMILES string of the molecule is CC/C=C\C/C=C\C/C=C\C/C=C\C/C=C\C/C=C\CCCCCCCCCCCCCCCCCCCCC(=O)OC(COC(=O)CCCCCCCCCCCC)COC(OCC[N+](C)(C)C)C(=O)O. The van der Waals surface area contributed by atoms with E-state index in [0.29, 0.717) is 17.4 Å². The van der Waals surface area contributed by atoms with E-state index in [1.807, 2.05) is 21.1 Å². The topological polar surface area (TPSA) is 108 Å². The van der Waals surface area contributed by atoms with Gasteiger partial charge in [-0.1, -0.05) is 247 Å². The Morgan fingerprint density at radius 1 is 0.431 bits per heavy atom. The standard InChI is InChI=1S/C63H111NO8/c1-6-8-10-12-14-16-18-19-20-21-22-23-24-25-26-27-28-29-30-31-32-33-34-35-36-37-38-39-40-41-42-43-44-46-48-50-52-54-61(66)72-59(58-71-63(62(67)68)69-56-55-64(3,4)5)57-70-60(65)53-51-49-47-45-17-15-13-11-9-7-2/h8,10,14,16,19-20,22-23,25-26,28-29,59,63H,6-7,9,11-13,15,17-18,21,24,27,30-58H2,1-5H3/p+1/b10-8-,16-14-,20-19-,23-22-,26-25-,29-28-. The maximum absolute atomic E-state index is 12.8. The van der Waals surface area contributed by atoms with Crippen molar-refractivity contribution in [2.24, 2.45) is 0 Å². The predicted octanol–water partition coefficient (Wildman–Crippen LogP) is 17.4. The minimum absolute atomic E-state index is 0.179. The van der Waals surface area contributed by atoms with Crippen LogP contribution in [0.1, 0.15) is 251 Å². The monoisotopic (exact) mass is 1010 g/mol. The normalized spacial score (nSPS) is 13.3. The molecular formula is C63H112NO8+. The Bertz CT molecular complexity index is 1410. The van der Waals surface area contributed by atoms with E-state index in [1.165, 1.54) is 148 Å². The summed E-state index contributed by atoms with van der Waals surface area (Å²) >= 11 is 0. The molecule has 0 aliphatic heterocycles. The van der Waals surface area contributed by atoms with Crippen LogP contribution < -0.4 is 0 Å². The van der Waals surface area contributed by atoms with Gasteiger partial charge >= 0.3 is 17.9 Å². The number of allylic oxidation sites excluding steroid dienone is 12. The van der Waals surface area contributed by atoms with Gasteiger partial charge in [-0.3, -0.25) is 9.59 Å². The van der Waals surface area contributed by atoms with E-state index in [-0.39, 0.29) is 32.2 Å². The Kier molecular flexibility index (Phi) is 51.6. The Balaban J connectivity index is 3.99. The molecule has 0 aromatic rings. The second-order valence-electron chi connectivity index (χ2n) is 20.9. The first-order chi connectivity index (χ1) is 35.1. The summed E-state index contributed by atoms with van der Waals surface area (Å²) in [7, 11) is 5.97. The summed E-state index contributed by atoms with van der Waals surface area (Å²) in [5.41, 5.74) is 0. The van der Waals surface area contributed by atoms with Crippen LogP contribution in [0.25, 0.3) is 0 Å². The van der Waals surface area contributed by atoms with Gasteiger partial charge in [-0.2, -0.15) is 0 Å². The fourth-order valence-electron chi connectivity index (χ4n) is 8.19. The number of hydrogen-bond acceptors (Lipinski definition) is 7. The van der Waals surface area contributed by atoms with Crippen molar-refractivity contribution < 1.29 is 42.9 Å². The lowest BCUT2D eigenvalue weighted by atomic mass is 10.0. The number of carbonyl (C=O) groups is 3. The van der Waals surface area contributed by atoms with Gasteiger partial charge < -0.3 is 28.5 Å². The van der Waals surface area contributed by atoms with E-state index in [4.69, 9.17) is 18.9 Å². The molecule has 0 bridgehead atoms. The zero-order chi connectivity index (χ0) is 52.7. The molecule has 0 fully saturated rings. The fraction of sp³-hybridized carbons (Fsp3) is 0.762. The molecule has 0 heterocycles. The quantitative estimate of drug-likeness (QED) is 0.0211. The molecule has 0 aromatic carbocycles. The average molecular weight is 1010 g/mol. The van der Waals surface area contributed by atoms with Crippen LogP contribution in [0.4, 0.5) is 0 Å². The van der Waals surface area contributed by atoms with Gasteiger partial charge in [0.25, 0.3) is 6.29 Å². The molecule has 72 heavy (non-hydrogen) atoms. The lowest BCUT2D eigenvalue weighted by Crippen LogP contribution is -2.40. The number of hydrogen-bond donors (Lipinski definition) is 1. The first kappa shape index (κ1) is 68.7. The minimum atomic E-state index is -1.51. The molecule has 2 unspecified atom stereocenters. The zero-order valence-electron chi connectivity index (χ0n) is 47.3.